The van der Waals surface area contributed by atoms with Gasteiger partial charge in [-0.15, -0.1) is 0 Å². The van der Waals surface area contributed by atoms with Crippen molar-refractivity contribution < 1.29 is 33.1 Å². The molecule has 0 unspecified atom stereocenters. The van der Waals surface area contributed by atoms with Crippen molar-refractivity contribution in [1.82, 2.24) is 10.2 Å². The van der Waals surface area contributed by atoms with Crippen LogP contribution in [0.15, 0.2) is 64.7 Å². The van der Waals surface area contributed by atoms with Gasteiger partial charge in [-0.3, -0.25) is 14.5 Å². The predicted octanol–water partition coefficient (Wildman–Crippen LogP) is 4.09. The van der Waals surface area contributed by atoms with E-state index in [-0.39, 0.29) is 36.3 Å². The van der Waals surface area contributed by atoms with Crippen molar-refractivity contribution in [1.29, 1.82) is 0 Å². The molecule has 1 saturated heterocycles. The minimum atomic E-state index is -0.655. The number of hydrogen-bond acceptors (Lipinski definition) is 7. The Bertz CT molecular complexity index is 1410. The van der Waals surface area contributed by atoms with Crippen LogP contribution in [0.1, 0.15) is 27.4 Å². The first-order valence-corrected chi connectivity index (χ1v) is 12.1. The van der Waals surface area contributed by atoms with Gasteiger partial charge in [0, 0.05) is 5.69 Å². The maximum atomic E-state index is 12.8. The predicted molar refractivity (Wildman–Crippen MR) is 142 cm³/mol. The van der Waals surface area contributed by atoms with E-state index in [1.807, 2.05) is 31.2 Å². The third-order valence-electron chi connectivity index (χ3n) is 5.37. The fourth-order valence-corrected chi connectivity index (χ4v) is 4.17. The summed E-state index contributed by atoms with van der Waals surface area (Å²) in [5.41, 5.74) is 2.41. The second-order valence-electron chi connectivity index (χ2n) is 7.98. The fourth-order valence-electron chi connectivity index (χ4n) is 3.48. The number of urea groups is 1. The zero-order chi connectivity index (χ0) is 26.5. The van der Waals surface area contributed by atoms with E-state index in [1.54, 1.807) is 24.3 Å². The van der Waals surface area contributed by atoms with Crippen LogP contribution in [0.25, 0.3) is 6.08 Å². The number of methoxy groups -OCH3 is 1. The molecular weight excluding hydrogens is 593 g/mol. The van der Waals surface area contributed by atoms with Crippen LogP contribution in [-0.4, -0.2) is 42.4 Å². The quantitative estimate of drug-likeness (QED) is 0.169. The van der Waals surface area contributed by atoms with E-state index in [0.717, 1.165) is 19.7 Å². The molecule has 2 aromatic carbocycles. The van der Waals surface area contributed by atoms with Crippen LogP contribution < -0.4 is 15.4 Å². The molecule has 3 aromatic rings. The highest BCUT2D eigenvalue weighted by atomic mass is 127. The molecule has 2 N–H and O–H groups in total. The minimum Gasteiger partial charge on any atom is -0.483 e. The molecule has 0 atom stereocenters. The highest BCUT2D eigenvalue weighted by molar-refractivity contribution is 14.1. The number of benzene rings is 2. The first kappa shape index (κ1) is 25.9. The van der Waals surface area contributed by atoms with Crippen LogP contribution >= 0.6 is 22.6 Å². The molecule has 0 spiro atoms. The van der Waals surface area contributed by atoms with Crippen LogP contribution in [0.4, 0.5) is 10.5 Å². The van der Waals surface area contributed by atoms with E-state index in [2.05, 4.69) is 38.0 Å². The summed E-state index contributed by atoms with van der Waals surface area (Å²) >= 11 is 2.07. The van der Waals surface area contributed by atoms with E-state index in [1.165, 1.54) is 19.2 Å². The number of halogens is 1. The Balaban J connectivity index is 1.38. The lowest BCUT2D eigenvalue weighted by atomic mass is 10.2. The van der Waals surface area contributed by atoms with Gasteiger partial charge in [-0.05, 0) is 77.0 Å². The highest BCUT2D eigenvalue weighted by Crippen LogP contribution is 2.25. The Hall–Kier alpha value is -4.13. The SMILES string of the molecule is COC(=O)c1ccc(CN2C(=O)N/C(=C\c3ccc(OCC(=O)Nc4ccccc4C)c(I)c3)C2=O)o1. The van der Waals surface area contributed by atoms with E-state index < -0.39 is 17.9 Å². The zero-order valence-corrected chi connectivity index (χ0v) is 22.0. The largest absolute Gasteiger partial charge is 0.483 e. The van der Waals surface area contributed by atoms with E-state index >= 15 is 0 Å². The molecule has 1 aliphatic heterocycles. The number of aryl methyl sites for hydroxylation is 1. The first-order chi connectivity index (χ1) is 17.7. The Morgan fingerprint density at radius 3 is 2.65 bits per heavy atom. The number of amides is 4. The van der Waals surface area contributed by atoms with Gasteiger partial charge in [0.25, 0.3) is 11.8 Å². The molecule has 10 nitrogen and oxygen atoms in total. The van der Waals surface area contributed by atoms with Crippen molar-refractivity contribution >= 4 is 58.2 Å². The normalized spacial score (nSPS) is 14.0. The molecule has 11 heteroatoms. The number of hydrogen-bond donors (Lipinski definition) is 2. The number of carbonyl (C=O) groups excluding carboxylic acids is 4. The molecule has 4 rings (SSSR count). The van der Waals surface area contributed by atoms with Gasteiger partial charge < -0.3 is 24.5 Å². The summed E-state index contributed by atoms with van der Waals surface area (Å²) < 4.78 is 16.3. The molecular formula is C26H22IN3O7. The average Bonchev–Trinajstić information content (AvgIpc) is 3.45. The molecule has 1 fully saturated rings. The van der Waals surface area contributed by atoms with Crippen molar-refractivity contribution in [3.63, 3.8) is 0 Å². The van der Waals surface area contributed by atoms with Crippen LogP contribution in [-0.2, 0) is 20.9 Å². The number of para-hydroxylation sites is 1. The second-order valence-corrected chi connectivity index (χ2v) is 9.14. The lowest BCUT2D eigenvalue weighted by Gasteiger charge is -2.11. The molecule has 1 aliphatic rings. The number of carbonyl (C=O) groups is 4. The zero-order valence-electron chi connectivity index (χ0n) is 19.9. The summed E-state index contributed by atoms with van der Waals surface area (Å²) in [7, 11) is 1.22. The maximum absolute atomic E-state index is 12.8. The molecule has 0 aliphatic carbocycles. The maximum Gasteiger partial charge on any atom is 0.373 e. The highest BCUT2D eigenvalue weighted by Gasteiger charge is 2.34. The molecule has 4 amide bonds. The summed E-state index contributed by atoms with van der Waals surface area (Å²) in [6.45, 7) is 1.59. The number of nitrogens with one attached hydrogen (secondary N) is 2. The van der Waals surface area contributed by atoms with Gasteiger partial charge in [-0.2, -0.15) is 0 Å². The average molecular weight is 615 g/mol. The number of imide groups is 1. The second kappa shape index (κ2) is 11.3. The molecule has 0 saturated carbocycles. The topological polar surface area (TPSA) is 127 Å². The van der Waals surface area contributed by atoms with Gasteiger partial charge in [-0.1, -0.05) is 24.3 Å². The Labute approximate surface area is 225 Å². The molecule has 37 heavy (non-hydrogen) atoms. The van der Waals surface area contributed by atoms with E-state index in [0.29, 0.717) is 11.3 Å². The summed E-state index contributed by atoms with van der Waals surface area (Å²) in [5, 5.41) is 5.36. The van der Waals surface area contributed by atoms with Gasteiger partial charge in [0.15, 0.2) is 6.61 Å². The lowest BCUT2D eigenvalue weighted by Crippen LogP contribution is -2.30. The standard InChI is InChI=1S/C26H22IN3O7/c1-15-5-3-4-6-19(15)28-23(31)14-36-21-9-7-16(11-18(21)27)12-20-24(32)30(26(34)29-20)13-17-8-10-22(37-17)25(33)35-2/h3-12H,13-14H2,1-2H3,(H,28,31)(H,29,34)/b20-12-. The molecule has 190 valence electrons. The van der Waals surface area contributed by atoms with Crippen molar-refractivity contribution in [2.75, 3.05) is 19.0 Å². The molecule has 0 radical (unpaired) electrons. The van der Waals surface area contributed by atoms with Crippen molar-refractivity contribution in [2.24, 2.45) is 0 Å². The Morgan fingerprint density at radius 2 is 1.92 bits per heavy atom. The van der Waals surface area contributed by atoms with E-state index in [4.69, 9.17) is 9.15 Å². The number of rotatable bonds is 8. The van der Waals surface area contributed by atoms with E-state index in [9.17, 15) is 19.2 Å². The van der Waals surface area contributed by atoms with Gasteiger partial charge in [0.05, 0.1) is 17.2 Å². The van der Waals surface area contributed by atoms with Gasteiger partial charge >= 0.3 is 12.0 Å². The van der Waals surface area contributed by atoms with Crippen molar-refractivity contribution in [3.8, 4) is 5.75 Å². The summed E-state index contributed by atoms with van der Waals surface area (Å²) in [5.74, 6) is -0.740. The third-order valence-corrected chi connectivity index (χ3v) is 6.21. The molecule has 2 heterocycles. The number of esters is 1. The van der Waals surface area contributed by atoms with Crippen molar-refractivity contribution in [2.45, 2.75) is 13.5 Å². The van der Waals surface area contributed by atoms with Crippen LogP contribution in [0, 0.1) is 10.5 Å². The fraction of sp³-hybridized carbons (Fsp3) is 0.154. The van der Waals surface area contributed by atoms with Gasteiger partial charge in [0.1, 0.15) is 17.2 Å². The number of ether oxygens (including phenoxy) is 2. The first-order valence-electron chi connectivity index (χ1n) is 11.0. The summed E-state index contributed by atoms with van der Waals surface area (Å²) in [4.78, 5) is 49.9. The summed E-state index contributed by atoms with van der Waals surface area (Å²) in [6.07, 6.45) is 1.54. The smallest absolute Gasteiger partial charge is 0.373 e. The lowest BCUT2D eigenvalue weighted by molar-refractivity contribution is -0.123. The van der Waals surface area contributed by atoms with Gasteiger partial charge in [0.2, 0.25) is 5.76 Å². The third kappa shape index (κ3) is 6.17. The van der Waals surface area contributed by atoms with Crippen LogP contribution in [0.3, 0.4) is 0 Å². The number of nitrogens with zero attached hydrogens (tertiary/aromatic N) is 1. The number of anilines is 1. The summed E-state index contributed by atoms with van der Waals surface area (Å²) in [6, 6.07) is 14.9. The monoisotopic (exact) mass is 615 g/mol. The van der Waals surface area contributed by atoms with Crippen LogP contribution in [0.5, 0.6) is 5.75 Å². The van der Waals surface area contributed by atoms with Crippen LogP contribution in [0.2, 0.25) is 0 Å². The van der Waals surface area contributed by atoms with Gasteiger partial charge in [-0.25, -0.2) is 9.59 Å². The Kier molecular flexibility index (Phi) is 7.92. The van der Waals surface area contributed by atoms with Crippen molar-refractivity contribution in [3.05, 3.63) is 86.5 Å². The Morgan fingerprint density at radius 1 is 1.14 bits per heavy atom. The molecule has 1 aromatic heterocycles. The molecule has 0 bridgehead atoms. The number of furan rings is 1. The minimum absolute atomic E-state index is 0.0233.